The molecule has 1 saturated heterocycles. The smallest absolute Gasteiger partial charge is 0.301 e. The summed E-state index contributed by atoms with van der Waals surface area (Å²) in [4.78, 5) is 32.9. The quantitative estimate of drug-likeness (QED) is 0.216. The van der Waals surface area contributed by atoms with Crippen LogP contribution in [-0.4, -0.2) is 34.0 Å². The number of hydrogen-bond acceptors (Lipinski definition) is 7. The molecule has 0 aliphatic carbocycles. The van der Waals surface area contributed by atoms with Crippen molar-refractivity contribution in [1.29, 1.82) is 0 Å². The molecular formula is C28H24N2O5S. The number of amides is 1. The van der Waals surface area contributed by atoms with E-state index in [9.17, 15) is 19.8 Å². The van der Waals surface area contributed by atoms with Gasteiger partial charge in [0.2, 0.25) is 0 Å². The number of aromatic hydroxyl groups is 1. The Labute approximate surface area is 211 Å². The summed E-state index contributed by atoms with van der Waals surface area (Å²) in [5.41, 5.74) is 4.64. The molecule has 7 nitrogen and oxygen atoms in total. The van der Waals surface area contributed by atoms with E-state index in [2.05, 4.69) is 0 Å². The third-order valence-electron chi connectivity index (χ3n) is 6.31. The molecule has 1 aliphatic heterocycles. The maximum atomic E-state index is 13.5. The van der Waals surface area contributed by atoms with Crippen molar-refractivity contribution in [3.05, 3.63) is 88.0 Å². The summed E-state index contributed by atoms with van der Waals surface area (Å²) in [6.07, 6.45) is 0. The number of fused-ring (bicyclic) bond motifs is 1. The number of ketones is 1. The van der Waals surface area contributed by atoms with Gasteiger partial charge in [0.25, 0.3) is 5.78 Å². The lowest BCUT2D eigenvalue weighted by Crippen LogP contribution is -2.29. The third-order valence-corrected chi connectivity index (χ3v) is 7.32. The largest absolute Gasteiger partial charge is 0.507 e. The zero-order valence-electron chi connectivity index (χ0n) is 20.2. The number of methoxy groups -OCH3 is 1. The fourth-order valence-corrected chi connectivity index (χ4v) is 5.71. The summed E-state index contributed by atoms with van der Waals surface area (Å²) in [5, 5.41) is 21.8. The van der Waals surface area contributed by atoms with E-state index in [-0.39, 0.29) is 22.8 Å². The molecule has 0 spiro atoms. The number of phenols is 1. The monoisotopic (exact) mass is 500 g/mol. The number of nitrogens with zero attached hydrogens (tertiary/aromatic N) is 2. The molecule has 1 aromatic heterocycles. The highest BCUT2D eigenvalue weighted by Crippen LogP contribution is 2.46. The van der Waals surface area contributed by atoms with E-state index in [1.807, 2.05) is 45.0 Å². The van der Waals surface area contributed by atoms with Crippen LogP contribution in [0.5, 0.6) is 11.5 Å². The fraction of sp³-hybridized carbons (Fsp3) is 0.179. The Hall–Kier alpha value is -4.17. The van der Waals surface area contributed by atoms with Crippen molar-refractivity contribution < 1.29 is 24.5 Å². The van der Waals surface area contributed by atoms with Crippen molar-refractivity contribution in [3.63, 3.8) is 0 Å². The minimum Gasteiger partial charge on any atom is -0.507 e. The maximum Gasteiger partial charge on any atom is 0.301 e. The van der Waals surface area contributed by atoms with Crippen LogP contribution >= 0.6 is 11.3 Å². The van der Waals surface area contributed by atoms with Crippen LogP contribution in [0.4, 0.5) is 5.13 Å². The molecule has 36 heavy (non-hydrogen) atoms. The van der Waals surface area contributed by atoms with Crippen LogP contribution < -0.4 is 9.64 Å². The van der Waals surface area contributed by atoms with Gasteiger partial charge in [0.1, 0.15) is 5.76 Å². The Kier molecular flexibility index (Phi) is 5.76. The molecule has 1 unspecified atom stereocenters. The summed E-state index contributed by atoms with van der Waals surface area (Å²) in [6, 6.07) is 14.7. The molecule has 8 heteroatoms. The number of hydrogen-bond donors (Lipinski definition) is 2. The van der Waals surface area contributed by atoms with Crippen molar-refractivity contribution in [2.24, 2.45) is 0 Å². The number of thiazole rings is 1. The Morgan fingerprint density at radius 3 is 2.42 bits per heavy atom. The van der Waals surface area contributed by atoms with E-state index in [0.29, 0.717) is 16.3 Å². The molecule has 4 aromatic rings. The zero-order valence-corrected chi connectivity index (χ0v) is 21.0. The molecule has 1 atom stereocenters. The topological polar surface area (TPSA) is 100.0 Å². The maximum absolute atomic E-state index is 13.5. The highest BCUT2D eigenvalue weighted by Gasteiger charge is 2.48. The van der Waals surface area contributed by atoms with Gasteiger partial charge in [0.05, 0.1) is 28.9 Å². The van der Waals surface area contributed by atoms with Gasteiger partial charge in [0.15, 0.2) is 16.6 Å². The van der Waals surface area contributed by atoms with Gasteiger partial charge >= 0.3 is 5.91 Å². The first-order chi connectivity index (χ1) is 17.2. The number of benzene rings is 3. The minimum absolute atomic E-state index is 0.0521. The SMILES string of the molecule is COc1cc(C2C(=C(O)c3ccc(C)cc3)C(=O)C(=O)N2c2nc3c(C)cc(C)cc3s2)ccc1O. The first-order valence-electron chi connectivity index (χ1n) is 11.3. The minimum atomic E-state index is -0.970. The van der Waals surface area contributed by atoms with E-state index < -0.39 is 17.7 Å². The van der Waals surface area contributed by atoms with E-state index in [1.165, 1.54) is 29.4 Å². The van der Waals surface area contributed by atoms with Crippen LogP contribution in [0.2, 0.25) is 0 Å². The highest BCUT2D eigenvalue weighted by molar-refractivity contribution is 7.22. The summed E-state index contributed by atoms with van der Waals surface area (Å²) >= 11 is 1.31. The van der Waals surface area contributed by atoms with E-state index in [1.54, 1.807) is 24.3 Å². The predicted molar refractivity (Wildman–Crippen MR) is 140 cm³/mol. The summed E-state index contributed by atoms with van der Waals surface area (Å²) in [6.45, 7) is 5.86. The van der Waals surface area contributed by atoms with Crippen LogP contribution in [0, 0.1) is 20.8 Å². The molecule has 1 amide bonds. The van der Waals surface area contributed by atoms with Gasteiger partial charge in [-0.2, -0.15) is 0 Å². The number of carbonyl (C=O) groups is 2. The van der Waals surface area contributed by atoms with Crippen molar-refractivity contribution >= 4 is 44.1 Å². The normalized spacial score (nSPS) is 17.2. The second-order valence-electron chi connectivity index (χ2n) is 8.89. The van der Waals surface area contributed by atoms with Crippen LogP contribution in [-0.2, 0) is 9.59 Å². The summed E-state index contributed by atoms with van der Waals surface area (Å²) < 4.78 is 6.17. The van der Waals surface area contributed by atoms with Crippen molar-refractivity contribution in [2.75, 3.05) is 12.0 Å². The molecule has 1 aliphatic rings. The van der Waals surface area contributed by atoms with Crippen molar-refractivity contribution in [3.8, 4) is 11.5 Å². The number of aliphatic hydroxyl groups is 1. The number of aromatic nitrogens is 1. The second kappa shape index (κ2) is 8.80. The Morgan fingerprint density at radius 1 is 1.00 bits per heavy atom. The van der Waals surface area contributed by atoms with E-state index in [0.717, 1.165) is 26.9 Å². The molecule has 1 fully saturated rings. The number of rotatable bonds is 4. The molecule has 5 rings (SSSR count). The fourth-order valence-electron chi connectivity index (χ4n) is 4.54. The molecular weight excluding hydrogens is 476 g/mol. The zero-order chi connectivity index (χ0) is 25.7. The first kappa shape index (κ1) is 23.6. The number of carbonyl (C=O) groups excluding carboxylic acids is 2. The Bertz CT molecular complexity index is 1570. The van der Waals surface area contributed by atoms with Crippen molar-refractivity contribution in [1.82, 2.24) is 4.98 Å². The molecule has 2 heterocycles. The predicted octanol–water partition coefficient (Wildman–Crippen LogP) is 5.56. The van der Waals surface area contributed by atoms with Crippen LogP contribution in [0.25, 0.3) is 16.0 Å². The Balaban J connectivity index is 1.76. The van der Waals surface area contributed by atoms with Crippen LogP contribution in [0.15, 0.2) is 60.2 Å². The van der Waals surface area contributed by atoms with Gasteiger partial charge in [-0.3, -0.25) is 14.5 Å². The molecule has 0 radical (unpaired) electrons. The number of aliphatic hydroxyl groups excluding tert-OH is 1. The highest BCUT2D eigenvalue weighted by atomic mass is 32.1. The van der Waals surface area contributed by atoms with Gasteiger partial charge in [-0.25, -0.2) is 4.98 Å². The van der Waals surface area contributed by atoms with Gasteiger partial charge < -0.3 is 14.9 Å². The average molecular weight is 501 g/mol. The van der Waals surface area contributed by atoms with Crippen LogP contribution in [0.3, 0.4) is 0 Å². The van der Waals surface area contributed by atoms with Gasteiger partial charge in [-0.1, -0.05) is 53.3 Å². The molecule has 0 bridgehead atoms. The molecule has 2 N–H and O–H groups in total. The standard InChI is InChI=1S/C28H24N2O5S/c1-14-5-7-17(8-6-14)25(32)22-24(18-9-10-19(31)20(13-18)35-4)30(27(34)26(22)33)28-29-23-16(3)11-15(2)12-21(23)36-28/h5-13,24,31-32H,1-4H3. The van der Waals surface area contributed by atoms with Gasteiger partial charge in [-0.15, -0.1) is 0 Å². The third kappa shape index (κ3) is 3.79. The summed E-state index contributed by atoms with van der Waals surface area (Å²) in [7, 11) is 1.42. The van der Waals surface area contributed by atoms with Crippen LogP contribution in [0.1, 0.15) is 33.9 Å². The molecule has 182 valence electrons. The lowest BCUT2D eigenvalue weighted by atomic mass is 9.95. The van der Waals surface area contributed by atoms with E-state index >= 15 is 0 Å². The lowest BCUT2D eigenvalue weighted by Gasteiger charge is -2.23. The number of Topliss-reactive ketones (excluding diaryl/α,β-unsaturated/α-hetero) is 1. The Morgan fingerprint density at radius 2 is 1.72 bits per heavy atom. The lowest BCUT2D eigenvalue weighted by molar-refractivity contribution is -0.132. The molecule has 0 saturated carbocycles. The number of ether oxygens (including phenoxy) is 1. The summed E-state index contributed by atoms with van der Waals surface area (Å²) in [5.74, 6) is -1.76. The van der Waals surface area contributed by atoms with Gasteiger partial charge in [0, 0.05) is 5.56 Å². The second-order valence-corrected chi connectivity index (χ2v) is 9.90. The molecule has 3 aromatic carbocycles. The first-order valence-corrected chi connectivity index (χ1v) is 12.1. The number of anilines is 1. The number of aryl methyl sites for hydroxylation is 3. The van der Waals surface area contributed by atoms with E-state index in [4.69, 9.17) is 9.72 Å². The average Bonchev–Trinajstić information content (AvgIpc) is 3.38. The number of phenolic OH excluding ortho intramolecular Hbond substituents is 1. The van der Waals surface area contributed by atoms with Gasteiger partial charge in [-0.05, 0) is 55.7 Å². The van der Waals surface area contributed by atoms with Crippen molar-refractivity contribution in [2.45, 2.75) is 26.8 Å².